The summed E-state index contributed by atoms with van der Waals surface area (Å²) in [6, 6.07) is 8.56. The van der Waals surface area contributed by atoms with Crippen molar-refractivity contribution in [3.8, 4) is 0 Å². The number of carbonyl (C=O) groups is 3. The average Bonchev–Trinajstić information content (AvgIpc) is 2.83. The fourth-order valence-electron chi connectivity index (χ4n) is 3.62. The van der Waals surface area contributed by atoms with Crippen LogP contribution >= 0.6 is 0 Å². The highest BCUT2D eigenvalue weighted by Crippen LogP contribution is 2.65. The summed E-state index contributed by atoms with van der Waals surface area (Å²) in [6.07, 6.45) is 1.05. The second kappa shape index (κ2) is 4.81. The summed E-state index contributed by atoms with van der Waals surface area (Å²) in [5, 5.41) is 0. The van der Waals surface area contributed by atoms with E-state index in [1.807, 2.05) is 20.8 Å². The van der Waals surface area contributed by atoms with Gasteiger partial charge in [-0.3, -0.25) is 25.2 Å². The molecule has 2 fully saturated rings. The predicted octanol–water partition coefficient (Wildman–Crippen LogP) is 1.57. The molecule has 2 N–H and O–H groups in total. The predicted molar refractivity (Wildman–Crippen MR) is 82.0 cm³/mol. The summed E-state index contributed by atoms with van der Waals surface area (Å²) in [4.78, 5) is 36.8. The number of nitrogens with one attached hydrogen (secondary N) is 2. The third kappa shape index (κ3) is 1.90. The topological polar surface area (TPSA) is 84.5 Å². The van der Waals surface area contributed by atoms with Crippen molar-refractivity contribution in [3.63, 3.8) is 0 Å². The lowest BCUT2D eigenvalue weighted by molar-refractivity contribution is -0.168. The third-order valence-corrected chi connectivity index (χ3v) is 5.78. The summed E-state index contributed by atoms with van der Waals surface area (Å²) in [6.45, 7) is 5.56. The molecule has 2 amide bonds. The van der Waals surface area contributed by atoms with Crippen molar-refractivity contribution in [1.82, 2.24) is 10.9 Å². The summed E-state index contributed by atoms with van der Waals surface area (Å²) in [5.74, 6) is -1.25. The molecule has 1 aliphatic carbocycles. The molecule has 122 valence electrons. The highest BCUT2D eigenvalue weighted by molar-refractivity contribution is 5.99. The largest absolute Gasteiger partial charge is 0.448 e. The number of benzene rings is 1. The summed E-state index contributed by atoms with van der Waals surface area (Å²) >= 11 is 0. The fraction of sp³-hybridized carbons (Fsp3) is 0.471. The van der Waals surface area contributed by atoms with Crippen molar-refractivity contribution < 1.29 is 19.1 Å². The van der Waals surface area contributed by atoms with E-state index in [0.29, 0.717) is 18.4 Å². The minimum absolute atomic E-state index is 0.349. The van der Waals surface area contributed by atoms with Crippen molar-refractivity contribution in [2.45, 2.75) is 39.2 Å². The number of fused-ring (bicyclic) bond motifs is 2. The molecule has 0 radical (unpaired) electrons. The van der Waals surface area contributed by atoms with Crippen LogP contribution in [0.25, 0.3) is 0 Å². The van der Waals surface area contributed by atoms with E-state index >= 15 is 0 Å². The number of carbonyl (C=O) groups excluding carboxylic acids is 3. The molecule has 0 aromatic heterocycles. The zero-order valence-corrected chi connectivity index (χ0v) is 13.4. The van der Waals surface area contributed by atoms with Crippen LogP contribution in [0, 0.1) is 10.8 Å². The first-order valence-electron chi connectivity index (χ1n) is 7.64. The van der Waals surface area contributed by atoms with E-state index in [-0.39, 0.29) is 5.97 Å². The SMILES string of the molecule is CC1(C)[C@@]2(C(=O)NNC(=O)c3ccccc3)CC[C@]1(C)C(=O)O2. The fourth-order valence-corrected chi connectivity index (χ4v) is 3.62. The molecular weight excluding hydrogens is 296 g/mol. The minimum atomic E-state index is -1.23. The molecule has 23 heavy (non-hydrogen) atoms. The maximum atomic E-state index is 12.7. The number of hydrogen-bond donors (Lipinski definition) is 2. The molecule has 1 saturated heterocycles. The third-order valence-electron chi connectivity index (χ3n) is 5.78. The Kier molecular flexibility index (Phi) is 3.25. The smallest absolute Gasteiger partial charge is 0.313 e. The molecule has 1 aliphatic heterocycles. The van der Waals surface area contributed by atoms with Crippen LogP contribution in [0.4, 0.5) is 0 Å². The number of rotatable bonds is 2. The Morgan fingerprint density at radius 1 is 1.04 bits per heavy atom. The van der Waals surface area contributed by atoms with Crippen LogP contribution in [0.5, 0.6) is 0 Å². The zero-order valence-electron chi connectivity index (χ0n) is 13.4. The van der Waals surface area contributed by atoms with Gasteiger partial charge in [-0.15, -0.1) is 0 Å². The maximum absolute atomic E-state index is 12.7. The van der Waals surface area contributed by atoms with Crippen LogP contribution in [0.2, 0.25) is 0 Å². The lowest BCUT2D eigenvalue weighted by atomic mass is 9.66. The van der Waals surface area contributed by atoms with Crippen LogP contribution < -0.4 is 10.9 Å². The molecule has 2 atom stereocenters. The van der Waals surface area contributed by atoms with E-state index in [4.69, 9.17) is 4.74 Å². The van der Waals surface area contributed by atoms with Gasteiger partial charge in [0.15, 0.2) is 5.60 Å². The van der Waals surface area contributed by atoms with Gasteiger partial charge in [-0.1, -0.05) is 32.0 Å². The molecule has 2 bridgehead atoms. The van der Waals surface area contributed by atoms with Crippen molar-refractivity contribution in [3.05, 3.63) is 35.9 Å². The van der Waals surface area contributed by atoms with E-state index in [2.05, 4.69) is 10.9 Å². The lowest BCUT2D eigenvalue weighted by Crippen LogP contribution is -2.57. The molecule has 1 aromatic rings. The zero-order chi connectivity index (χ0) is 16.9. The van der Waals surface area contributed by atoms with Gasteiger partial charge in [-0.25, -0.2) is 0 Å². The van der Waals surface area contributed by atoms with Crippen LogP contribution in [0.15, 0.2) is 30.3 Å². The lowest BCUT2D eigenvalue weighted by Gasteiger charge is -2.35. The number of amides is 2. The molecule has 0 spiro atoms. The molecule has 2 aliphatic rings. The van der Waals surface area contributed by atoms with Gasteiger partial charge in [-0.05, 0) is 31.9 Å². The normalized spacial score (nSPS) is 30.7. The van der Waals surface area contributed by atoms with Gasteiger partial charge in [0.1, 0.15) is 0 Å². The Morgan fingerprint density at radius 2 is 1.70 bits per heavy atom. The first-order valence-corrected chi connectivity index (χ1v) is 7.64. The minimum Gasteiger partial charge on any atom is -0.448 e. The monoisotopic (exact) mass is 316 g/mol. The summed E-state index contributed by atoms with van der Waals surface area (Å²) in [5.41, 5.74) is 2.70. The molecule has 6 nitrogen and oxygen atoms in total. The highest BCUT2D eigenvalue weighted by Gasteiger charge is 2.75. The quantitative estimate of drug-likeness (QED) is 0.641. The van der Waals surface area contributed by atoms with Crippen molar-refractivity contribution >= 4 is 17.8 Å². The summed E-state index contributed by atoms with van der Waals surface area (Å²) in [7, 11) is 0. The summed E-state index contributed by atoms with van der Waals surface area (Å²) < 4.78 is 5.46. The molecule has 3 rings (SSSR count). The van der Waals surface area contributed by atoms with Crippen molar-refractivity contribution in [1.29, 1.82) is 0 Å². The van der Waals surface area contributed by atoms with Crippen molar-refractivity contribution in [2.24, 2.45) is 10.8 Å². The number of esters is 1. The first kappa shape index (κ1) is 15.5. The van der Waals surface area contributed by atoms with E-state index in [1.165, 1.54) is 0 Å². The molecule has 0 unspecified atom stereocenters. The highest BCUT2D eigenvalue weighted by atomic mass is 16.6. The Morgan fingerprint density at radius 3 is 2.22 bits per heavy atom. The Hall–Kier alpha value is -2.37. The van der Waals surface area contributed by atoms with Gasteiger partial charge in [-0.2, -0.15) is 0 Å². The van der Waals surface area contributed by atoms with Crippen LogP contribution in [0.1, 0.15) is 44.0 Å². The van der Waals surface area contributed by atoms with Gasteiger partial charge in [0.2, 0.25) is 0 Å². The Bertz CT molecular complexity index is 685. The Balaban J connectivity index is 1.74. The van der Waals surface area contributed by atoms with Gasteiger partial charge in [0, 0.05) is 11.0 Å². The number of ether oxygens (including phenoxy) is 1. The second-order valence-electron chi connectivity index (χ2n) is 6.95. The number of hydrogen-bond acceptors (Lipinski definition) is 4. The first-order chi connectivity index (χ1) is 10.7. The molecule has 1 aromatic carbocycles. The molecule has 1 saturated carbocycles. The van der Waals surface area contributed by atoms with Gasteiger partial charge < -0.3 is 4.74 Å². The van der Waals surface area contributed by atoms with Crippen LogP contribution in [0.3, 0.4) is 0 Å². The standard InChI is InChI=1S/C17H20N2O4/c1-15(2)16(3)9-10-17(15,23-14(16)22)13(21)19-18-12(20)11-7-5-4-6-8-11/h4-8H,9-10H2,1-3H3,(H,18,20)(H,19,21)/t16-,17+/m1/s1. The van der Waals surface area contributed by atoms with Crippen LogP contribution in [-0.2, 0) is 14.3 Å². The number of hydrazine groups is 1. The van der Waals surface area contributed by atoms with E-state index < -0.39 is 28.2 Å². The van der Waals surface area contributed by atoms with Crippen molar-refractivity contribution in [2.75, 3.05) is 0 Å². The second-order valence-corrected chi connectivity index (χ2v) is 6.95. The average molecular weight is 316 g/mol. The van der Waals surface area contributed by atoms with E-state index in [9.17, 15) is 14.4 Å². The van der Waals surface area contributed by atoms with Gasteiger partial charge in [0.05, 0.1) is 5.41 Å². The maximum Gasteiger partial charge on any atom is 0.313 e. The molecule has 6 heteroatoms. The van der Waals surface area contributed by atoms with Gasteiger partial charge in [0.25, 0.3) is 11.8 Å². The van der Waals surface area contributed by atoms with Gasteiger partial charge >= 0.3 is 5.97 Å². The molecular formula is C17H20N2O4. The Labute approximate surface area is 134 Å². The van der Waals surface area contributed by atoms with E-state index in [1.54, 1.807) is 30.3 Å². The van der Waals surface area contributed by atoms with E-state index in [0.717, 1.165) is 0 Å². The molecule has 1 heterocycles. The van der Waals surface area contributed by atoms with Crippen LogP contribution in [-0.4, -0.2) is 23.4 Å².